The van der Waals surface area contributed by atoms with E-state index in [1.165, 1.54) is 18.2 Å². The molecular formula is C31H36F2N2O7SSi. The van der Waals surface area contributed by atoms with Gasteiger partial charge in [-0.3, -0.25) is 4.79 Å². The lowest BCUT2D eigenvalue weighted by molar-refractivity contribution is 0.0520. The van der Waals surface area contributed by atoms with Gasteiger partial charge in [-0.1, -0.05) is 25.7 Å². The molecule has 2 aromatic heterocycles. The van der Waals surface area contributed by atoms with Crippen molar-refractivity contribution in [1.29, 1.82) is 0 Å². The molecule has 0 spiro atoms. The van der Waals surface area contributed by atoms with Gasteiger partial charge in [-0.05, 0) is 49.7 Å². The molecule has 0 aliphatic rings. The van der Waals surface area contributed by atoms with Gasteiger partial charge in [0.2, 0.25) is 0 Å². The number of pyridine rings is 1. The minimum atomic E-state index is -3.48. The second-order valence-corrected chi connectivity index (χ2v) is 19.6. The molecule has 0 aliphatic carbocycles. The van der Waals surface area contributed by atoms with E-state index in [0.29, 0.717) is 29.3 Å². The average molecular weight is 647 g/mol. The number of ether oxygens (including phenoxy) is 3. The first-order valence-electron chi connectivity index (χ1n) is 14.0. The molecule has 4 aromatic rings. The van der Waals surface area contributed by atoms with Crippen molar-refractivity contribution in [1.82, 2.24) is 9.55 Å². The van der Waals surface area contributed by atoms with Crippen LogP contribution < -0.4 is 10.3 Å². The highest BCUT2D eigenvalue weighted by molar-refractivity contribution is 7.89. The van der Waals surface area contributed by atoms with Gasteiger partial charge >= 0.3 is 5.97 Å². The summed E-state index contributed by atoms with van der Waals surface area (Å²) in [5, 5.41) is 0.623. The Kier molecular flexibility index (Phi) is 9.81. The number of carbonyl (C=O) groups is 1. The van der Waals surface area contributed by atoms with Gasteiger partial charge < -0.3 is 23.8 Å². The van der Waals surface area contributed by atoms with Crippen molar-refractivity contribution < 1.29 is 36.2 Å². The number of hydrogen-bond acceptors (Lipinski definition) is 7. The number of aryl methyl sites for hydroxylation is 1. The van der Waals surface area contributed by atoms with Crippen LogP contribution in [0.4, 0.5) is 8.78 Å². The Morgan fingerprint density at radius 1 is 1.07 bits per heavy atom. The summed E-state index contributed by atoms with van der Waals surface area (Å²) in [6, 6.07) is 8.20. The number of carbonyl (C=O) groups excluding carboxylic acids is 1. The number of hydrogen-bond donors (Lipinski definition) is 1. The van der Waals surface area contributed by atoms with Crippen LogP contribution in [0.25, 0.3) is 21.9 Å². The Labute approximate surface area is 255 Å². The molecule has 236 valence electrons. The fourth-order valence-electron chi connectivity index (χ4n) is 4.75. The van der Waals surface area contributed by atoms with Crippen molar-refractivity contribution in [3.63, 3.8) is 0 Å². The third-order valence-corrected chi connectivity index (χ3v) is 9.46. The summed E-state index contributed by atoms with van der Waals surface area (Å²) in [4.78, 5) is 29.3. The van der Waals surface area contributed by atoms with Crippen molar-refractivity contribution in [2.24, 2.45) is 0 Å². The molecule has 4 rings (SSSR count). The fourth-order valence-corrected chi connectivity index (χ4v) is 6.29. The molecule has 13 heteroatoms. The van der Waals surface area contributed by atoms with Crippen LogP contribution in [0, 0.1) is 18.6 Å². The first-order valence-corrected chi connectivity index (χ1v) is 19.8. The Hall–Kier alpha value is -3.81. The molecule has 0 bridgehead atoms. The monoisotopic (exact) mass is 646 g/mol. The summed E-state index contributed by atoms with van der Waals surface area (Å²) in [5.74, 6) is -3.20. The predicted octanol–water partition coefficient (Wildman–Crippen LogP) is 6.41. The number of halogens is 2. The summed E-state index contributed by atoms with van der Waals surface area (Å²) in [6.45, 7) is 10.8. The number of esters is 1. The first kappa shape index (κ1) is 33.1. The van der Waals surface area contributed by atoms with Crippen LogP contribution in [0.5, 0.6) is 11.5 Å². The zero-order valence-corrected chi connectivity index (χ0v) is 27.4. The van der Waals surface area contributed by atoms with Gasteiger partial charge in [0.1, 0.15) is 24.0 Å². The number of fused-ring (bicyclic) bond motifs is 1. The molecule has 0 amide bonds. The number of nitrogens with zero attached hydrogens (tertiary/aromatic N) is 1. The highest BCUT2D eigenvalue weighted by Gasteiger charge is 2.26. The minimum absolute atomic E-state index is 0.0155. The Morgan fingerprint density at radius 3 is 2.41 bits per heavy atom. The molecule has 44 heavy (non-hydrogen) atoms. The van der Waals surface area contributed by atoms with Crippen molar-refractivity contribution in [2.45, 2.75) is 52.0 Å². The quantitative estimate of drug-likeness (QED) is 0.107. The second kappa shape index (κ2) is 13.0. The second-order valence-electron chi connectivity index (χ2n) is 11.8. The van der Waals surface area contributed by atoms with Crippen LogP contribution >= 0.6 is 0 Å². The molecule has 0 fully saturated rings. The zero-order chi connectivity index (χ0) is 32.4. The number of aromatic amines is 1. The number of nitrogens with one attached hydrogen (secondary N) is 1. The lowest BCUT2D eigenvalue weighted by atomic mass is 9.96. The lowest BCUT2D eigenvalue weighted by Gasteiger charge is -2.17. The van der Waals surface area contributed by atoms with E-state index in [1.807, 2.05) is 0 Å². The molecule has 0 radical (unpaired) electrons. The van der Waals surface area contributed by atoms with Gasteiger partial charge in [-0.2, -0.15) is 0 Å². The molecule has 2 aromatic carbocycles. The minimum Gasteiger partial charge on any atom is -0.461 e. The van der Waals surface area contributed by atoms with E-state index in [9.17, 15) is 26.8 Å². The molecular weight excluding hydrogens is 610 g/mol. The smallest absolute Gasteiger partial charge is 0.355 e. The molecule has 2 heterocycles. The van der Waals surface area contributed by atoms with Crippen molar-refractivity contribution in [3.8, 4) is 22.6 Å². The van der Waals surface area contributed by atoms with Crippen LogP contribution in [0.2, 0.25) is 25.7 Å². The normalized spacial score (nSPS) is 12.1. The Balaban J connectivity index is 1.98. The third kappa shape index (κ3) is 7.82. The van der Waals surface area contributed by atoms with Crippen LogP contribution in [-0.2, 0) is 31.8 Å². The number of benzene rings is 2. The van der Waals surface area contributed by atoms with Crippen molar-refractivity contribution >= 4 is 34.7 Å². The molecule has 0 atom stereocenters. The summed E-state index contributed by atoms with van der Waals surface area (Å²) in [5.41, 5.74) is 0.581. The molecule has 0 unspecified atom stereocenters. The van der Waals surface area contributed by atoms with E-state index in [2.05, 4.69) is 24.6 Å². The maximum absolute atomic E-state index is 14.7. The molecule has 0 saturated carbocycles. The number of sulfone groups is 1. The Bertz CT molecular complexity index is 1880. The van der Waals surface area contributed by atoms with Gasteiger partial charge in [0.05, 0.1) is 17.7 Å². The van der Waals surface area contributed by atoms with Gasteiger partial charge in [0.15, 0.2) is 21.4 Å². The van der Waals surface area contributed by atoms with E-state index < -0.39 is 41.1 Å². The maximum Gasteiger partial charge on any atom is 0.355 e. The van der Waals surface area contributed by atoms with E-state index in [1.54, 1.807) is 24.6 Å². The standard InChI is InChI=1S/C31H36F2N2O7SSi/c1-7-41-31(37)29-28(23-16-35(18-40-12-13-44(4,5)6)19(2)27(23)30(36)34-29)22-14-20(17-43(3,38)39)8-10-25(22)42-26-11-9-21(32)15-24(26)33/h8-11,14-16H,7,12-13,17-18H2,1-6H3,(H,34,36). The molecule has 9 nitrogen and oxygen atoms in total. The van der Waals surface area contributed by atoms with Crippen LogP contribution in [0.3, 0.4) is 0 Å². The van der Waals surface area contributed by atoms with Gasteiger partial charge in [0, 0.05) is 55.4 Å². The molecule has 0 saturated heterocycles. The molecule has 1 N–H and O–H groups in total. The van der Waals surface area contributed by atoms with Gasteiger partial charge in [-0.15, -0.1) is 0 Å². The highest BCUT2D eigenvalue weighted by Crippen LogP contribution is 2.41. The van der Waals surface area contributed by atoms with Gasteiger partial charge in [-0.25, -0.2) is 22.0 Å². The van der Waals surface area contributed by atoms with Crippen LogP contribution in [-0.4, -0.2) is 51.5 Å². The number of H-pyrrole nitrogens is 1. The van der Waals surface area contributed by atoms with E-state index in [0.717, 1.165) is 24.4 Å². The molecule has 0 aliphatic heterocycles. The number of rotatable bonds is 12. The summed E-state index contributed by atoms with van der Waals surface area (Å²) < 4.78 is 71.6. The highest BCUT2D eigenvalue weighted by atomic mass is 32.2. The topological polar surface area (TPSA) is 117 Å². The maximum atomic E-state index is 14.7. The van der Waals surface area contributed by atoms with E-state index >= 15 is 0 Å². The van der Waals surface area contributed by atoms with Crippen LogP contribution in [0.15, 0.2) is 47.4 Å². The fraction of sp³-hybridized carbons (Fsp3) is 0.355. The summed E-state index contributed by atoms with van der Waals surface area (Å²) in [7, 11) is -4.82. The lowest BCUT2D eigenvalue weighted by Crippen LogP contribution is -2.22. The number of aromatic nitrogens is 2. The summed E-state index contributed by atoms with van der Waals surface area (Å²) >= 11 is 0. The summed E-state index contributed by atoms with van der Waals surface area (Å²) in [6.07, 6.45) is 2.76. The van der Waals surface area contributed by atoms with Crippen LogP contribution in [0.1, 0.15) is 28.7 Å². The van der Waals surface area contributed by atoms with Crippen molar-refractivity contribution in [3.05, 3.63) is 81.5 Å². The first-order chi connectivity index (χ1) is 20.6. The Morgan fingerprint density at radius 2 is 1.77 bits per heavy atom. The third-order valence-electron chi connectivity index (χ3n) is 6.89. The van der Waals surface area contributed by atoms with E-state index in [4.69, 9.17) is 14.2 Å². The van der Waals surface area contributed by atoms with Gasteiger partial charge in [0.25, 0.3) is 5.56 Å². The van der Waals surface area contributed by atoms with Crippen molar-refractivity contribution in [2.75, 3.05) is 19.5 Å². The average Bonchev–Trinajstić information content (AvgIpc) is 3.24. The predicted molar refractivity (Wildman–Crippen MR) is 168 cm³/mol. The van der Waals surface area contributed by atoms with E-state index in [-0.39, 0.29) is 52.8 Å². The largest absolute Gasteiger partial charge is 0.461 e. The SMILES string of the molecule is CCOC(=O)c1[nH]c(=O)c2c(C)n(COCC[Si](C)(C)C)cc2c1-c1cc(CS(C)(=O)=O)ccc1Oc1ccc(F)cc1F. The zero-order valence-electron chi connectivity index (χ0n) is 25.5.